The topological polar surface area (TPSA) is 103 Å². The minimum absolute atomic E-state index is 0.0922. The molecule has 0 saturated heterocycles. The van der Waals surface area contributed by atoms with E-state index in [4.69, 9.17) is 15.2 Å². The maximum Gasteiger partial charge on any atom is 0.258 e. The van der Waals surface area contributed by atoms with Gasteiger partial charge in [0.05, 0.1) is 12.6 Å². The summed E-state index contributed by atoms with van der Waals surface area (Å²) in [6, 6.07) is 5.31. The van der Waals surface area contributed by atoms with Gasteiger partial charge in [-0.25, -0.2) is 0 Å². The fraction of sp³-hybridized carbons (Fsp3) is 0.500. The number of hydrogen-bond acceptors (Lipinski definition) is 5. The first kappa shape index (κ1) is 15.6. The van der Waals surface area contributed by atoms with Gasteiger partial charge in [-0.3, -0.25) is 9.59 Å². The van der Waals surface area contributed by atoms with E-state index in [-0.39, 0.29) is 24.5 Å². The minimum Gasteiger partial charge on any atom is -0.493 e. The molecule has 2 aliphatic rings. The van der Waals surface area contributed by atoms with Crippen molar-refractivity contribution in [3.8, 4) is 11.5 Å². The molecule has 2 amide bonds. The lowest BCUT2D eigenvalue weighted by molar-refractivity contribution is -0.123. The molecule has 1 aromatic rings. The van der Waals surface area contributed by atoms with Gasteiger partial charge in [0.25, 0.3) is 5.91 Å². The standard InChI is InChI=1S/C16H21N3O4/c1-22-12-5-4-11(19-15(21)16(17)6-7-16)8-13(12)23-9-14(20)18-10-2-3-10/h4-5,8,10H,2-3,6-7,9,17H2,1H3,(H,18,20)(H,19,21). The van der Waals surface area contributed by atoms with Crippen LogP contribution in [0.25, 0.3) is 0 Å². The predicted molar refractivity (Wildman–Crippen MR) is 84.4 cm³/mol. The molecule has 2 aliphatic carbocycles. The van der Waals surface area contributed by atoms with Crippen molar-refractivity contribution in [2.45, 2.75) is 37.3 Å². The van der Waals surface area contributed by atoms with Gasteiger partial charge in [-0.1, -0.05) is 0 Å². The number of ether oxygens (including phenoxy) is 2. The maximum atomic E-state index is 12.0. The summed E-state index contributed by atoms with van der Waals surface area (Å²) < 4.78 is 10.7. The van der Waals surface area contributed by atoms with Crippen molar-refractivity contribution < 1.29 is 19.1 Å². The Hall–Kier alpha value is -2.28. The molecule has 3 rings (SSSR count). The number of hydrogen-bond donors (Lipinski definition) is 3. The zero-order valence-corrected chi connectivity index (χ0v) is 13.1. The van der Waals surface area contributed by atoms with Crippen LogP contribution in [0.3, 0.4) is 0 Å². The molecule has 7 nitrogen and oxygen atoms in total. The van der Waals surface area contributed by atoms with E-state index in [0.717, 1.165) is 12.8 Å². The molecular formula is C16H21N3O4. The number of anilines is 1. The van der Waals surface area contributed by atoms with Crippen LogP contribution in [-0.2, 0) is 9.59 Å². The van der Waals surface area contributed by atoms with Crippen LogP contribution in [0.15, 0.2) is 18.2 Å². The second kappa shape index (κ2) is 6.08. The van der Waals surface area contributed by atoms with Crippen LogP contribution >= 0.6 is 0 Å². The van der Waals surface area contributed by atoms with E-state index in [1.54, 1.807) is 18.2 Å². The van der Waals surface area contributed by atoms with E-state index >= 15 is 0 Å². The van der Waals surface area contributed by atoms with Crippen LogP contribution in [0.1, 0.15) is 25.7 Å². The number of amides is 2. The molecule has 7 heteroatoms. The zero-order chi connectivity index (χ0) is 16.4. The normalized spacial score (nSPS) is 18.0. The summed E-state index contributed by atoms with van der Waals surface area (Å²) in [6.45, 7) is -0.0922. The Bertz CT molecular complexity index is 624. The molecule has 0 atom stereocenters. The molecule has 0 bridgehead atoms. The van der Waals surface area contributed by atoms with Crippen molar-refractivity contribution in [1.29, 1.82) is 0 Å². The first-order valence-electron chi connectivity index (χ1n) is 7.71. The summed E-state index contributed by atoms with van der Waals surface area (Å²) in [6.07, 6.45) is 3.44. The monoisotopic (exact) mass is 319 g/mol. The molecule has 4 N–H and O–H groups in total. The van der Waals surface area contributed by atoms with E-state index in [2.05, 4.69) is 10.6 Å². The van der Waals surface area contributed by atoms with Gasteiger partial charge in [-0.05, 0) is 37.8 Å². The van der Waals surface area contributed by atoms with E-state index < -0.39 is 5.54 Å². The highest BCUT2D eigenvalue weighted by Crippen LogP contribution is 2.35. The van der Waals surface area contributed by atoms with Gasteiger partial charge >= 0.3 is 0 Å². The van der Waals surface area contributed by atoms with Crippen LogP contribution in [0.5, 0.6) is 11.5 Å². The minimum atomic E-state index is -0.745. The molecule has 0 radical (unpaired) electrons. The van der Waals surface area contributed by atoms with Gasteiger partial charge in [-0.2, -0.15) is 0 Å². The lowest BCUT2D eigenvalue weighted by Gasteiger charge is -2.14. The number of methoxy groups -OCH3 is 1. The third-order valence-electron chi connectivity index (χ3n) is 3.96. The van der Waals surface area contributed by atoms with Crippen molar-refractivity contribution in [3.63, 3.8) is 0 Å². The molecule has 2 fully saturated rings. The number of rotatable bonds is 7. The van der Waals surface area contributed by atoms with Crippen LogP contribution in [0.4, 0.5) is 5.69 Å². The molecule has 0 heterocycles. The maximum absolute atomic E-state index is 12.0. The Labute approximate surface area is 134 Å². The van der Waals surface area contributed by atoms with E-state index in [1.807, 2.05) is 0 Å². The number of carbonyl (C=O) groups is 2. The van der Waals surface area contributed by atoms with Gasteiger partial charge in [0.1, 0.15) is 0 Å². The molecule has 1 aromatic carbocycles. The van der Waals surface area contributed by atoms with E-state index in [1.165, 1.54) is 7.11 Å². The number of benzene rings is 1. The third kappa shape index (κ3) is 3.92. The van der Waals surface area contributed by atoms with Crippen LogP contribution in [0, 0.1) is 0 Å². The van der Waals surface area contributed by atoms with Crippen LogP contribution < -0.4 is 25.8 Å². The average molecular weight is 319 g/mol. The van der Waals surface area contributed by atoms with E-state index in [9.17, 15) is 9.59 Å². The van der Waals surface area contributed by atoms with E-state index in [0.29, 0.717) is 30.0 Å². The van der Waals surface area contributed by atoms with Crippen molar-refractivity contribution in [2.75, 3.05) is 19.0 Å². The predicted octanol–water partition coefficient (Wildman–Crippen LogP) is 0.782. The largest absolute Gasteiger partial charge is 0.493 e. The highest BCUT2D eigenvalue weighted by Gasteiger charge is 2.45. The van der Waals surface area contributed by atoms with Gasteiger partial charge < -0.3 is 25.8 Å². The Kier molecular flexibility index (Phi) is 4.12. The molecule has 0 aliphatic heterocycles. The molecule has 0 unspecified atom stereocenters. The Morgan fingerprint density at radius 1 is 1.30 bits per heavy atom. The molecular weight excluding hydrogens is 298 g/mol. The number of nitrogens with one attached hydrogen (secondary N) is 2. The second-order valence-corrected chi connectivity index (χ2v) is 6.11. The molecule has 23 heavy (non-hydrogen) atoms. The fourth-order valence-electron chi connectivity index (χ4n) is 2.12. The summed E-state index contributed by atoms with van der Waals surface area (Å²) >= 11 is 0. The highest BCUT2D eigenvalue weighted by atomic mass is 16.5. The molecule has 124 valence electrons. The zero-order valence-electron chi connectivity index (χ0n) is 13.1. The average Bonchev–Trinajstić information content (AvgIpc) is 3.44. The van der Waals surface area contributed by atoms with Crippen LogP contribution in [-0.4, -0.2) is 37.1 Å². The Morgan fingerprint density at radius 3 is 2.65 bits per heavy atom. The number of carbonyl (C=O) groups excluding carboxylic acids is 2. The third-order valence-corrected chi connectivity index (χ3v) is 3.96. The first-order chi connectivity index (χ1) is 11.0. The van der Waals surface area contributed by atoms with Crippen molar-refractivity contribution in [1.82, 2.24) is 5.32 Å². The summed E-state index contributed by atoms with van der Waals surface area (Å²) in [7, 11) is 1.52. The van der Waals surface area contributed by atoms with Crippen molar-refractivity contribution in [2.24, 2.45) is 5.73 Å². The lowest BCUT2D eigenvalue weighted by Crippen LogP contribution is -2.37. The summed E-state index contributed by atoms with van der Waals surface area (Å²) in [5.41, 5.74) is 5.68. The van der Waals surface area contributed by atoms with Gasteiger partial charge in [0, 0.05) is 17.8 Å². The lowest BCUT2D eigenvalue weighted by atomic mass is 10.2. The quantitative estimate of drug-likeness (QED) is 0.689. The smallest absolute Gasteiger partial charge is 0.258 e. The summed E-state index contributed by atoms with van der Waals surface area (Å²) in [4.78, 5) is 23.7. The summed E-state index contributed by atoms with van der Waals surface area (Å²) in [5, 5.41) is 5.61. The summed E-state index contributed by atoms with van der Waals surface area (Å²) in [5.74, 6) is 0.525. The van der Waals surface area contributed by atoms with Crippen molar-refractivity contribution in [3.05, 3.63) is 18.2 Å². The van der Waals surface area contributed by atoms with Crippen LogP contribution in [0.2, 0.25) is 0 Å². The Morgan fingerprint density at radius 2 is 2.04 bits per heavy atom. The van der Waals surface area contributed by atoms with Crippen molar-refractivity contribution >= 4 is 17.5 Å². The van der Waals surface area contributed by atoms with Gasteiger partial charge in [-0.15, -0.1) is 0 Å². The molecule has 2 saturated carbocycles. The Balaban J connectivity index is 1.63. The fourth-order valence-corrected chi connectivity index (χ4v) is 2.12. The SMILES string of the molecule is COc1ccc(NC(=O)C2(N)CC2)cc1OCC(=O)NC1CC1. The van der Waals surface area contributed by atoms with Gasteiger partial charge in [0.15, 0.2) is 18.1 Å². The number of nitrogens with two attached hydrogens (primary N) is 1. The highest BCUT2D eigenvalue weighted by molar-refractivity contribution is 6.00. The molecule has 0 aromatic heterocycles. The van der Waals surface area contributed by atoms with Gasteiger partial charge in [0.2, 0.25) is 5.91 Å². The first-order valence-corrected chi connectivity index (χ1v) is 7.71. The second-order valence-electron chi connectivity index (χ2n) is 6.11. The molecule has 0 spiro atoms.